The van der Waals surface area contributed by atoms with Crippen LogP contribution in [0.15, 0.2) is 36.7 Å². The lowest BCUT2D eigenvalue weighted by atomic mass is 10.2. The molecule has 0 saturated heterocycles. The first kappa shape index (κ1) is 18.1. The number of benzene rings is 1. The Balaban J connectivity index is 1.43. The summed E-state index contributed by atoms with van der Waals surface area (Å²) in [7, 11) is 1.74. The number of nitrogens with zero attached hydrogens (tertiary/aromatic N) is 4. The highest BCUT2D eigenvalue weighted by molar-refractivity contribution is 5.91. The second kappa shape index (κ2) is 7.38. The van der Waals surface area contributed by atoms with Crippen LogP contribution in [-0.2, 0) is 6.54 Å². The fourth-order valence-electron chi connectivity index (χ4n) is 3.14. The molecule has 0 fully saturated rings. The number of fused-ring (bicyclic) bond motifs is 2. The lowest BCUT2D eigenvalue weighted by molar-refractivity contribution is 0.171. The molecule has 3 heterocycles. The van der Waals surface area contributed by atoms with E-state index in [9.17, 15) is 4.79 Å². The van der Waals surface area contributed by atoms with Gasteiger partial charge in [-0.15, -0.1) is 0 Å². The standard InChI is InChI=1S/C20H23N5O3/c1-13(2)25-19-15(10-22-25)9-16(11-21-19)23-20(26)24(3)12-14-4-5-17-18(8-14)28-7-6-27-17/h4-5,8-11,13H,6-7,12H2,1-3H3,(H,23,26). The van der Waals surface area contributed by atoms with Crippen molar-refractivity contribution in [2.24, 2.45) is 0 Å². The Morgan fingerprint density at radius 2 is 2.00 bits per heavy atom. The number of hydrogen-bond donors (Lipinski definition) is 1. The van der Waals surface area contributed by atoms with Crippen molar-refractivity contribution in [3.8, 4) is 11.5 Å². The number of rotatable bonds is 4. The van der Waals surface area contributed by atoms with Crippen molar-refractivity contribution < 1.29 is 14.3 Å². The molecule has 0 spiro atoms. The Hall–Kier alpha value is -3.29. The summed E-state index contributed by atoms with van der Waals surface area (Å²) in [6.07, 6.45) is 3.41. The summed E-state index contributed by atoms with van der Waals surface area (Å²) in [6, 6.07) is 7.61. The van der Waals surface area contributed by atoms with Crippen LogP contribution in [0.2, 0.25) is 0 Å². The van der Waals surface area contributed by atoms with Crippen molar-refractivity contribution in [3.05, 3.63) is 42.2 Å². The monoisotopic (exact) mass is 381 g/mol. The number of amides is 2. The maximum atomic E-state index is 12.6. The first-order valence-corrected chi connectivity index (χ1v) is 9.25. The third-order valence-electron chi connectivity index (χ3n) is 4.55. The molecular formula is C20H23N5O3. The number of carbonyl (C=O) groups excluding carboxylic acids is 1. The van der Waals surface area contributed by atoms with Crippen molar-refractivity contribution >= 4 is 22.8 Å². The van der Waals surface area contributed by atoms with Crippen LogP contribution in [0.4, 0.5) is 10.5 Å². The molecular weight excluding hydrogens is 358 g/mol. The Kier molecular flexibility index (Phi) is 4.77. The largest absolute Gasteiger partial charge is 0.486 e. The van der Waals surface area contributed by atoms with E-state index in [0.717, 1.165) is 28.1 Å². The van der Waals surface area contributed by atoms with E-state index in [2.05, 4.69) is 29.2 Å². The summed E-state index contributed by atoms with van der Waals surface area (Å²) in [5, 5.41) is 8.13. The number of nitrogens with one attached hydrogen (secondary N) is 1. The highest BCUT2D eigenvalue weighted by Gasteiger charge is 2.15. The zero-order chi connectivity index (χ0) is 19.7. The van der Waals surface area contributed by atoms with Crippen LogP contribution in [0.3, 0.4) is 0 Å². The second-order valence-corrected chi connectivity index (χ2v) is 7.08. The van der Waals surface area contributed by atoms with Crippen molar-refractivity contribution in [1.29, 1.82) is 0 Å². The minimum atomic E-state index is -0.215. The molecule has 0 radical (unpaired) electrons. The topological polar surface area (TPSA) is 81.5 Å². The van der Waals surface area contributed by atoms with Crippen molar-refractivity contribution in [1.82, 2.24) is 19.7 Å². The number of aromatic nitrogens is 3. The Labute approximate surface area is 163 Å². The molecule has 1 aliphatic rings. The van der Waals surface area contributed by atoms with Crippen LogP contribution in [0.5, 0.6) is 11.5 Å². The maximum absolute atomic E-state index is 12.6. The van der Waals surface area contributed by atoms with Gasteiger partial charge in [0.15, 0.2) is 17.1 Å². The molecule has 0 unspecified atom stereocenters. The maximum Gasteiger partial charge on any atom is 0.321 e. The summed E-state index contributed by atoms with van der Waals surface area (Å²) in [5.74, 6) is 1.46. The van der Waals surface area contributed by atoms with Gasteiger partial charge in [0, 0.05) is 25.0 Å². The summed E-state index contributed by atoms with van der Waals surface area (Å²) in [5.41, 5.74) is 2.40. The highest BCUT2D eigenvalue weighted by atomic mass is 16.6. The van der Waals surface area contributed by atoms with E-state index in [1.807, 2.05) is 28.9 Å². The van der Waals surface area contributed by atoms with E-state index >= 15 is 0 Å². The molecule has 1 N–H and O–H groups in total. The number of hydrogen-bond acceptors (Lipinski definition) is 5. The van der Waals surface area contributed by atoms with E-state index < -0.39 is 0 Å². The Morgan fingerprint density at radius 3 is 2.79 bits per heavy atom. The number of urea groups is 1. The van der Waals surface area contributed by atoms with Gasteiger partial charge in [0.05, 0.1) is 18.1 Å². The SMILES string of the molecule is CC(C)n1ncc2cc(NC(=O)N(C)Cc3ccc4c(c3)OCCO4)cnc21. The second-order valence-electron chi connectivity index (χ2n) is 7.08. The molecule has 2 amide bonds. The summed E-state index contributed by atoms with van der Waals surface area (Å²) >= 11 is 0. The van der Waals surface area contributed by atoms with Gasteiger partial charge in [-0.25, -0.2) is 14.5 Å². The molecule has 4 rings (SSSR count). The molecule has 0 saturated carbocycles. The molecule has 1 aromatic carbocycles. The van der Waals surface area contributed by atoms with Crippen LogP contribution in [0.25, 0.3) is 11.0 Å². The van der Waals surface area contributed by atoms with Gasteiger partial charge in [-0.05, 0) is 37.6 Å². The predicted octanol–water partition coefficient (Wildman–Crippen LogP) is 3.45. The van der Waals surface area contributed by atoms with Gasteiger partial charge in [0.2, 0.25) is 0 Å². The van der Waals surface area contributed by atoms with E-state index in [0.29, 0.717) is 25.4 Å². The molecule has 3 aromatic rings. The fraction of sp³-hybridized carbons (Fsp3) is 0.350. The lowest BCUT2D eigenvalue weighted by Gasteiger charge is -2.21. The Morgan fingerprint density at radius 1 is 1.21 bits per heavy atom. The molecule has 0 aliphatic carbocycles. The van der Waals surface area contributed by atoms with Crippen molar-refractivity contribution in [2.75, 3.05) is 25.6 Å². The van der Waals surface area contributed by atoms with Gasteiger partial charge < -0.3 is 19.7 Å². The third-order valence-corrected chi connectivity index (χ3v) is 4.55. The summed E-state index contributed by atoms with van der Waals surface area (Å²) in [4.78, 5) is 18.6. The number of pyridine rings is 1. The average molecular weight is 381 g/mol. The smallest absolute Gasteiger partial charge is 0.321 e. The first-order valence-electron chi connectivity index (χ1n) is 9.25. The van der Waals surface area contributed by atoms with Gasteiger partial charge in [-0.3, -0.25) is 0 Å². The highest BCUT2D eigenvalue weighted by Crippen LogP contribution is 2.31. The quantitative estimate of drug-likeness (QED) is 0.749. The van der Waals surface area contributed by atoms with Crippen LogP contribution in [-0.4, -0.2) is 46.0 Å². The summed E-state index contributed by atoms with van der Waals surface area (Å²) in [6.45, 7) is 5.65. The van der Waals surface area contributed by atoms with Gasteiger partial charge in [-0.2, -0.15) is 5.10 Å². The van der Waals surface area contributed by atoms with Crippen LogP contribution < -0.4 is 14.8 Å². The van der Waals surface area contributed by atoms with Gasteiger partial charge in [0.1, 0.15) is 13.2 Å². The molecule has 0 bridgehead atoms. The fourth-order valence-corrected chi connectivity index (χ4v) is 3.14. The van der Waals surface area contributed by atoms with Gasteiger partial charge in [-0.1, -0.05) is 6.07 Å². The molecule has 146 valence electrons. The normalized spacial score (nSPS) is 13.0. The molecule has 2 aromatic heterocycles. The first-order chi connectivity index (χ1) is 13.5. The van der Waals surface area contributed by atoms with E-state index in [-0.39, 0.29) is 12.1 Å². The van der Waals surface area contributed by atoms with Crippen LogP contribution in [0, 0.1) is 0 Å². The number of anilines is 1. The zero-order valence-electron chi connectivity index (χ0n) is 16.2. The van der Waals surface area contributed by atoms with Crippen molar-refractivity contribution in [2.45, 2.75) is 26.4 Å². The van der Waals surface area contributed by atoms with Crippen LogP contribution >= 0.6 is 0 Å². The third kappa shape index (κ3) is 3.58. The molecule has 8 nitrogen and oxygen atoms in total. The molecule has 28 heavy (non-hydrogen) atoms. The number of ether oxygens (including phenoxy) is 2. The van der Waals surface area contributed by atoms with E-state index in [4.69, 9.17) is 9.47 Å². The van der Waals surface area contributed by atoms with Gasteiger partial charge in [0.25, 0.3) is 0 Å². The zero-order valence-corrected chi connectivity index (χ0v) is 16.2. The van der Waals surface area contributed by atoms with Gasteiger partial charge >= 0.3 is 6.03 Å². The lowest BCUT2D eigenvalue weighted by Crippen LogP contribution is -2.31. The summed E-state index contributed by atoms with van der Waals surface area (Å²) < 4.78 is 13.0. The Bertz CT molecular complexity index is 1010. The predicted molar refractivity (Wildman–Crippen MR) is 106 cm³/mol. The van der Waals surface area contributed by atoms with E-state index in [1.54, 1.807) is 24.3 Å². The average Bonchev–Trinajstić information content (AvgIpc) is 3.11. The minimum absolute atomic E-state index is 0.215. The molecule has 1 aliphatic heterocycles. The molecule has 8 heteroatoms. The van der Waals surface area contributed by atoms with Crippen molar-refractivity contribution in [3.63, 3.8) is 0 Å². The van der Waals surface area contributed by atoms with E-state index in [1.165, 1.54) is 0 Å². The molecule has 0 atom stereocenters. The number of carbonyl (C=O) groups is 1. The van der Waals surface area contributed by atoms with Crippen LogP contribution in [0.1, 0.15) is 25.5 Å². The minimum Gasteiger partial charge on any atom is -0.486 e.